The molecular formula is C10H16BrN3O2. The fourth-order valence-corrected chi connectivity index (χ4v) is 1.50. The third-order valence-electron chi connectivity index (χ3n) is 1.93. The SMILES string of the molecule is CNc1nc(CCOCCOC)ncc1Br. The van der Waals surface area contributed by atoms with Gasteiger partial charge >= 0.3 is 0 Å². The van der Waals surface area contributed by atoms with Crippen LogP contribution in [0.2, 0.25) is 0 Å². The van der Waals surface area contributed by atoms with Gasteiger partial charge in [-0.15, -0.1) is 0 Å². The lowest BCUT2D eigenvalue weighted by molar-refractivity contribution is 0.0716. The molecule has 1 heterocycles. The number of hydrogen-bond donors (Lipinski definition) is 1. The first-order chi connectivity index (χ1) is 7.77. The van der Waals surface area contributed by atoms with Gasteiger partial charge in [0, 0.05) is 26.8 Å². The van der Waals surface area contributed by atoms with Crippen molar-refractivity contribution in [3.05, 3.63) is 16.5 Å². The van der Waals surface area contributed by atoms with Crippen molar-refractivity contribution in [2.45, 2.75) is 6.42 Å². The summed E-state index contributed by atoms with van der Waals surface area (Å²) < 4.78 is 11.1. The van der Waals surface area contributed by atoms with Crippen LogP contribution in [0.25, 0.3) is 0 Å². The lowest BCUT2D eigenvalue weighted by Crippen LogP contribution is -2.08. The van der Waals surface area contributed by atoms with E-state index in [1.807, 2.05) is 7.05 Å². The first-order valence-electron chi connectivity index (χ1n) is 5.03. The molecule has 0 saturated heterocycles. The van der Waals surface area contributed by atoms with Gasteiger partial charge in [0.25, 0.3) is 0 Å². The number of rotatable bonds is 7. The van der Waals surface area contributed by atoms with Crippen LogP contribution in [0.15, 0.2) is 10.7 Å². The minimum absolute atomic E-state index is 0.603. The average Bonchev–Trinajstić information content (AvgIpc) is 2.31. The highest BCUT2D eigenvalue weighted by atomic mass is 79.9. The van der Waals surface area contributed by atoms with E-state index in [9.17, 15) is 0 Å². The van der Waals surface area contributed by atoms with Gasteiger partial charge in [-0.1, -0.05) is 0 Å². The second-order valence-electron chi connectivity index (χ2n) is 3.09. The lowest BCUT2D eigenvalue weighted by Gasteiger charge is -2.06. The quantitative estimate of drug-likeness (QED) is 0.771. The van der Waals surface area contributed by atoms with Crippen molar-refractivity contribution in [2.75, 3.05) is 39.3 Å². The molecule has 0 spiro atoms. The molecular weight excluding hydrogens is 274 g/mol. The van der Waals surface area contributed by atoms with Crippen LogP contribution >= 0.6 is 15.9 Å². The molecule has 5 nitrogen and oxygen atoms in total. The van der Waals surface area contributed by atoms with E-state index in [1.54, 1.807) is 13.3 Å². The van der Waals surface area contributed by atoms with Crippen LogP contribution in [0.3, 0.4) is 0 Å². The average molecular weight is 290 g/mol. The van der Waals surface area contributed by atoms with Crippen molar-refractivity contribution in [1.29, 1.82) is 0 Å². The predicted molar refractivity (Wildman–Crippen MR) is 65.7 cm³/mol. The van der Waals surface area contributed by atoms with Gasteiger partial charge in [-0.3, -0.25) is 0 Å². The maximum absolute atomic E-state index is 5.34. The monoisotopic (exact) mass is 289 g/mol. The topological polar surface area (TPSA) is 56.3 Å². The van der Waals surface area contributed by atoms with Gasteiger partial charge in [0.2, 0.25) is 0 Å². The highest BCUT2D eigenvalue weighted by Crippen LogP contribution is 2.17. The molecule has 0 aliphatic rings. The van der Waals surface area contributed by atoms with Gasteiger partial charge in [-0.05, 0) is 15.9 Å². The Morgan fingerprint density at radius 1 is 1.38 bits per heavy atom. The van der Waals surface area contributed by atoms with Crippen LogP contribution in [0.4, 0.5) is 5.82 Å². The van der Waals surface area contributed by atoms with Crippen molar-refractivity contribution in [1.82, 2.24) is 9.97 Å². The van der Waals surface area contributed by atoms with Crippen molar-refractivity contribution < 1.29 is 9.47 Å². The molecule has 16 heavy (non-hydrogen) atoms. The van der Waals surface area contributed by atoms with E-state index in [4.69, 9.17) is 9.47 Å². The molecule has 0 amide bonds. The summed E-state index contributed by atoms with van der Waals surface area (Å²) in [6.45, 7) is 1.82. The van der Waals surface area contributed by atoms with Crippen molar-refractivity contribution in [2.24, 2.45) is 0 Å². The highest BCUT2D eigenvalue weighted by molar-refractivity contribution is 9.10. The molecule has 1 N–H and O–H groups in total. The minimum Gasteiger partial charge on any atom is -0.382 e. The Morgan fingerprint density at radius 2 is 2.19 bits per heavy atom. The van der Waals surface area contributed by atoms with E-state index in [0.717, 1.165) is 16.1 Å². The Kier molecular flexibility index (Phi) is 6.29. The third kappa shape index (κ3) is 4.42. The fraction of sp³-hybridized carbons (Fsp3) is 0.600. The van der Waals surface area contributed by atoms with Gasteiger partial charge in [0.05, 0.1) is 24.3 Å². The Labute approximate surface area is 104 Å². The highest BCUT2D eigenvalue weighted by Gasteiger charge is 2.03. The smallest absolute Gasteiger partial charge is 0.143 e. The van der Waals surface area contributed by atoms with Crippen molar-refractivity contribution in [3.8, 4) is 0 Å². The van der Waals surface area contributed by atoms with E-state index >= 15 is 0 Å². The van der Waals surface area contributed by atoms with E-state index in [0.29, 0.717) is 26.2 Å². The molecule has 1 aromatic heterocycles. The molecule has 0 saturated carbocycles. The standard InChI is InChI=1S/C10H16BrN3O2/c1-12-10-8(11)7-13-9(14-10)3-4-16-6-5-15-2/h7H,3-6H2,1-2H3,(H,12,13,14). The number of nitrogens with zero attached hydrogens (tertiary/aromatic N) is 2. The number of aromatic nitrogens is 2. The zero-order valence-electron chi connectivity index (χ0n) is 9.49. The number of halogens is 1. The van der Waals surface area contributed by atoms with E-state index in [-0.39, 0.29) is 0 Å². The second-order valence-corrected chi connectivity index (χ2v) is 3.94. The summed E-state index contributed by atoms with van der Waals surface area (Å²) in [7, 11) is 3.48. The zero-order chi connectivity index (χ0) is 11.8. The van der Waals surface area contributed by atoms with Crippen molar-refractivity contribution in [3.63, 3.8) is 0 Å². The maximum Gasteiger partial charge on any atom is 0.143 e. The van der Waals surface area contributed by atoms with Crippen LogP contribution in [-0.2, 0) is 15.9 Å². The zero-order valence-corrected chi connectivity index (χ0v) is 11.1. The number of hydrogen-bond acceptors (Lipinski definition) is 5. The van der Waals surface area contributed by atoms with Crippen LogP contribution < -0.4 is 5.32 Å². The van der Waals surface area contributed by atoms with Gasteiger partial charge < -0.3 is 14.8 Å². The van der Waals surface area contributed by atoms with Gasteiger partial charge in [0.15, 0.2) is 0 Å². The minimum atomic E-state index is 0.603. The van der Waals surface area contributed by atoms with Gasteiger partial charge in [-0.2, -0.15) is 0 Å². The van der Waals surface area contributed by atoms with Crippen LogP contribution in [0, 0.1) is 0 Å². The Balaban J connectivity index is 2.36. The number of methoxy groups -OCH3 is 1. The molecule has 1 rings (SSSR count). The Morgan fingerprint density at radius 3 is 2.88 bits per heavy atom. The maximum atomic E-state index is 5.34. The van der Waals surface area contributed by atoms with E-state index in [1.165, 1.54) is 0 Å². The molecule has 0 aromatic carbocycles. The van der Waals surface area contributed by atoms with Gasteiger partial charge in [-0.25, -0.2) is 9.97 Å². The molecule has 1 aromatic rings. The molecule has 0 unspecified atom stereocenters. The summed E-state index contributed by atoms with van der Waals surface area (Å²) in [6.07, 6.45) is 2.44. The molecule has 0 aliphatic carbocycles. The van der Waals surface area contributed by atoms with E-state index < -0.39 is 0 Å². The van der Waals surface area contributed by atoms with Gasteiger partial charge in [0.1, 0.15) is 11.6 Å². The third-order valence-corrected chi connectivity index (χ3v) is 2.51. The number of anilines is 1. The Bertz CT molecular complexity index is 323. The second kappa shape index (κ2) is 7.54. The fourth-order valence-electron chi connectivity index (χ4n) is 1.11. The number of ether oxygens (including phenoxy) is 2. The summed E-state index contributed by atoms with van der Waals surface area (Å²) in [6, 6.07) is 0. The molecule has 0 aliphatic heterocycles. The summed E-state index contributed by atoms with van der Waals surface area (Å²) in [5.41, 5.74) is 0. The van der Waals surface area contributed by atoms with Crippen LogP contribution in [0.1, 0.15) is 5.82 Å². The first kappa shape index (κ1) is 13.3. The Hall–Kier alpha value is -0.720. The molecule has 0 fully saturated rings. The van der Waals surface area contributed by atoms with Crippen LogP contribution in [0.5, 0.6) is 0 Å². The largest absolute Gasteiger partial charge is 0.382 e. The molecule has 0 bridgehead atoms. The molecule has 90 valence electrons. The predicted octanol–water partition coefficient (Wildman–Crippen LogP) is 1.49. The molecule has 0 atom stereocenters. The summed E-state index contributed by atoms with van der Waals surface area (Å²) >= 11 is 3.36. The summed E-state index contributed by atoms with van der Waals surface area (Å²) in [5.74, 6) is 1.56. The lowest BCUT2D eigenvalue weighted by atomic mass is 10.4. The van der Waals surface area contributed by atoms with Crippen LogP contribution in [-0.4, -0.2) is 43.9 Å². The summed E-state index contributed by atoms with van der Waals surface area (Å²) in [5, 5.41) is 2.99. The van der Waals surface area contributed by atoms with Crippen molar-refractivity contribution >= 4 is 21.7 Å². The molecule has 6 heteroatoms. The van der Waals surface area contributed by atoms with E-state index in [2.05, 4.69) is 31.2 Å². The molecule has 0 radical (unpaired) electrons. The number of nitrogens with one attached hydrogen (secondary N) is 1. The normalized spacial score (nSPS) is 10.4. The summed E-state index contributed by atoms with van der Waals surface area (Å²) in [4.78, 5) is 8.52. The first-order valence-corrected chi connectivity index (χ1v) is 5.83.